The number of hydrogen-bond acceptors (Lipinski definition) is 1. The van der Waals surface area contributed by atoms with Crippen molar-refractivity contribution < 1.29 is 0 Å². The lowest BCUT2D eigenvalue weighted by Gasteiger charge is -1.95. The van der Waals surface area contributed by atoms with Crippen LogP contribution >= 0.6 is 0 Å². The molecule has 62 valence electrons. The summed E-state index contributed by atoms with van der Waals surface area (Å²) < 4.78 is 0. The fraction of sp³-hybridized carbons (Fsp3) is 0.182. The van der Waals surface area contributed by atoms with Crippen LogP contribution in [0.5, 0.6) is 0 Å². The Hall–Kier alpha value is -1.37. The van der Waals surface area contributed by atoms with Crippen LogP contribution in [-0.2, 0) is 0 Å². The standard InChI is InChI=1S/C11H13N/c1-4-10-7-5-9(2)6-8-11(10)12-3/h4-9H,1,3H2,2H3. The van der Waals surface area contributed by atoms with Gasteiger partial charge in [0.2, 0.25) is 0 Å². The van der Waals surface area contributed by atoms with Crippen LogP contribution in [0.3, 0.4) is 0 Å². The minimum Gasteiger partial charge on any atom is -0.264 e. The van der Waals surface area contributed by atoms with Crippen LogP contribution < -0.4 is 0 Å². The summed E-state index contributed by atoms with van der Waals surface area (Å²) in [5.74, 6) is 0.458. The summed E-state index contributed by atoms with van der Waals surface area (Å²) in [4.78, 5) is 3.91. The summed E-state index contributed by atoms with van der Waals surface area (Å²) in [5.41, 5.74) is 1.93. The van der Waals surface area contributed by atoms with Crippen molar-refractivity contribution in [3.63, 3.8) is 0 Å². The zero-order valence-electron chi connectivity index (χ0n) is 7.33. The highest BCUT2D eigenvalue weighted by Gasteiger charge is 2.00. The maximum atomic E-state index is 3.91. The predicted octanol–water partition coefficient (Wildman–Crippen LogP) is 2.89. The van der Waals surface area contributed by atoms with Gasteiger partial charge in [-0.3, -0.25) is 4.99 Å². The molecule has 0 radical (unpaired) electrons. The Balaban J connectivity index is 3.09. The summed E-state index contributed by atoms with van der Waals surface area (Å²) in [6, 6.07) is 0. The maximum absolute atomic E-state index is 3.91. The van der Waals surface area contributed by atoms with E-state index in [-0.39, 0.29) is 0 Å². The monoisotopic (exact) mass is 159 g/mol. The zero-order valence-corrected chi connectivity index (χ0v) is 7.33. The Morgan fingerprint density at radius 1 is 1.42 bits per heavy atom. The van der Waals surface area contributed by atoms with Gasteiger partial charge in [0.15, 0.2) is 0 Å². The van der Waals surface area contributed by atoms with E-state index in [1.807, 2.05) is 12.2 Å². The molecule has 0 fully saturated rings. The molecule has 1 rings (SSSR count). The third kappa shape index (κ3) is 1.82. The minimum atomic E-state index is 0.458. The lowest BCUT2D eigenvalue weighted by Crippen LogP contribution is -1.78. The lowest BCUT2D eigenvalue weighted by molar-refractivity contribution is 0.941. The molecule has 12 heavy (non-hydrogen) atoms. The fourth-order valence-corrected chi connectivity index (χ4v) is 1.06. The van der Waals surface area contributed by atoms with Crippen molar-refractivity contribution in [2.45, 2.75) is 6.92 Å². The maximum Gasteiger partial charge on any atom is 0.0691 e. The molecule has 0 aromatic heterocycles. The van der Waals surface area contributed by atoms with E-state index < -0.39 is 0 Å². The van der Waals surface area contributed by atoms with Crippen molar-refractivity contribution >= 4 is 6.72 Å². The third-order valence-electron chi connectivity index (χ3n) is 1.82. The van der Waals surface area contributed by atoms with Gasteiger partial charge in [-0.2, -0.15) is 0 Å². The van der Waals surface area contributed by atoms with Crippen LogP contribution in [-0.4, -0.2) is 6.72 Å². The molecule has 0 spiro atoms. The number of allylic oxidation sites excluding steroid dienone is 6. The second kappa shape index (κ2) is 3.86. The van der Waals surface area contributed by atoms with Crippen molar-refractivity contribution in [1.29, 1.82) is 0 Å². The number of hydrogen-bond donors (Lipinski definition) is 0. The molecule has 0 aromatic rings. The molecule has 1 atom stereocenters. The summed E-state index contributed by atoms with van der Waals surface area (Å²) >= 11 is 0. The first-order valence-electron chi connectivity index (χ1n) is 3.97. The van der Waals surface area contributed by atoms with E-state index >= 15 is 0 Å². The first-order chi connectivity index (χ1) is 5.77. The minimum absolute atomic E-state index is 0.458. The van der Waals surface area contributed by atoms with Crippen molar-refractivity contribution in [2.24, 2.45) is 10.9 Å². The second-order valence-electron chi connectivity index (χ2n) is 2.78. The normalized spacial score (nSPS) is 22.2. The van der Waals surface area contributed by atoms with Crippen molar-refractivity contribution in [2.75, 3.05) is 0 Å². The molecule has 1 aliphatic rings. The molecule has 0 saturated carbocycles. The van der Waals surface area contributed by atoms with Gasteiger partial charge in [-0.15, -0.1) is 0 Å². The number of aliphatic imine (C=N–C) groups is 1. The zero-order chi connectivity index (χ0) is 8.97. The van der Waals surface area contributed by atoms with E-state index in [0.717, 1.165) is 11.3 Å². The van der Waals surface area contributed by atoms with Gasteiger partial charge in [0.1, 0.15) is 0 Å². The number of rotatable bonds is 2. The molecule has 1 heteroatoms. The lowest BCUT2D eigenvalue weighted by atomic mass is 10.1. The van der Waals surface area contributed by atoms with Gasteiger partial charge >= 0.3 is 0 Å². The highest BCUT2D eigenvalue weighted by molar-refractivity contribution is 5.45. The van der Waals surface area contributed by atoms with Gasteiger partial charge in [0.05, 0.1) is 5.70 Å². The van der Waals surface area contributed by atoms with Crippen LogP contribution in [0, 0.1) is 5.92 Å². The molecule has 1 nitrogen and oxygen atoms in total. The average Bonchev–Trinajstić information content (AvgIpc) is 2.27. The summed E-state index contributed by atoms with van der Waals surface area (Å²) in [7, 11) is 0. The van der Waals surface area contributed by atoms with E-state index in [1.165, 1.54) is 0 Å². The predicted molar refractivity (Wildman–Crippen MR) is 54.2 cm³/mol. The highest BCUT2D eigenvalue weighted by atomic mass is 14.7. The van der Waals surface area contributed by atoms with Gasteiger partial charge < -0.3 is 0 Å². The molecule has 0 bridgehead atoms. The van der Waals surface area contributed by atoms with E-state index in [9.17, 15) is 0 Å². The molecule has 0 N–H and O–H groups in total. The quantitative estimate of drug-likeness (QED) is 0.549. The van der Waals surface area contributed by atoms with Crippen molar-refractivity contribution in [1.82, 2.24) is 0 Å². The Kier molecular flexibility index (Phi) is 2.81. The molecule has 1 aliphatic carbocycles. The van der Waals surface area contributed by atoms with Crippen molar-refractivity contribution in [3.05, 3.63) is 48.2 Å². The van der Waals surface area contributed by atoms with Crippen molar-refractivity contribution in [3.8, 4) is 0 Å². The number of nitrogens with zero attached hydrogens (tertiary/aromatic N) is 1. The van der Waals surface area contributed by atoms with E-state index in [4.69, 9.17) is 0 Å². The van der Waals surface area contributed by atoms with Crippen LogP contribution in [0.1, 0.15) is 6.92 Å². The van der Waals surface area contributed by atoms with Gasteiger partial charge in [-0.25, -0.2) is 0 Å². The molecule has 0 aliphatic heterocycles. The second-order valence-corrected chi connectivity index (χ2v) is 2.78. The van der Waals surface area contributed by atoms with Gasteiger partial charge in [0.25, 0.3) is 0 Å². The molecular weight excluding hydrogens is 146 g/mol. The Morgan fingerprint density at radius 3 is 2.67 bits per heavy atom. The van der Waals surface area contributed by atoms with Crippen LogP contribution in [0.15, 0.2) is 53.2 Å². The van der Waals surface area contributed by atoms with Gasteiger partial charge in [-0.05, 0) is 24.3 Å². The summed E-state index contributed by atoms with van der Waals surface area (Å²) in [6.45, 7) is 9.35. The highest BCUT2D eigenvalue weighted by Crippen LogP contribution is 2.16. The molecular formula is C11H13N. The first-order valence-corrected chi connectivity index (χ1v) is 3.97. The SMILES string of the molecule is C=CC1=C(N=C)C=CC(C)C=C1. The van der Waals surface area contributed by atoms with E-state index in [2.05, 4.69) is 37.4 Å². The third-order valence-corrected chi connectivity index (χ3v) is 1.82. The van der Waals surface area contributed by atoms with Crippen LogP contribution in [0.2, 0.25) is 0 Å². The smallest absolute Gasteiger partial charge is 0.0691 e. The fourth-order valence-electron chi connectivity index (χ4n) is 1.06. The Morgan fingerprint density at radius 2 is 2.08 bits per heavy atom. The van der Waals surface area contributed by atoms with Crippen LogP contribution in [0.25, 0.3) is 0 Å². The average molecular weight is 159 g/mol. The molecule has 1 unspecified atom stereocenters. The molecule has 0 heterocycles. The molecule has 0 saturated heterocycles. The summed E-state index contributed by atoms with van der Waals surface area (Å²) in [6.07, 6.45) is 10.0. The van der Waals surface area contributed by atoms with Gasteiger partial charge in [0, 0.05) is 0 Å². The molecule has 0 aromatic carbocycles. The topological polar surface area (TPSA) is 12.4 Å². The van der Waals surface area contributed by atoms with Gasteiger partial charge in [-0.1, -0.05) is 37.8 Å². The van der Waals surface area contributed by atoms with Crippen LogP contribution in [0.4, 0.5) is 0 Å². The first kappa shape index (κ1) is 8.72. The Bertz CT molecular complexity index is 251. The molecule has 0 amide bonds. The van der Waals surface area contributed by atoms with E-state index in [0.29, 0.717) is 5.92 Å². The van der Waals surface area contributed by atoms with E-state index in [1.54, 1.807) is 6.08 Å². The summed E-state index contributed by atoms with van der Waals surface area (Å²) in [5, 5.41) is 0. The Labute approximate surface area is 73.5 Å². The largest absolute Gasteiger partial charge is 0.264 e.